The summed E-state index contributed by atoms with van der Waals surface area (Å²) in [6, 6.07) is 0. The van der Waals surface area contributed by atoms with Gasteiger partial charge >= 0.3 is 5.97 Å². The van der Waals surface area contributed by atoms with Crippen LogP contribution < -0.4 is 0 Å². The number of rotatable bonds is 3. The molecule has 0 unspecified atom stereocenters. The first kappa shape index (κ1) is 11.3. The predicted octanol–water partition coefficient (Wildman–Crippen LogP) is 1.08. The summed E-state index contributed by atoms with van der Waals surface area (Å²) in [6.07, 6.45) is 2.96. The molecule has 0 fully saturated rings. The van der Waals surface area contributed by atoms with Crippen LogP contribution in [0.4, 0.5) is 0 Å². The van der Waals surface area contributed by atoms with Crippen molar-refractivity contribution in [1.29, 1.82) is 0 Å². The highest BCUT2D eigenvalue weighted by molar-refractivity contribution is 5.90. The van der Waals surface area contributed by atoms with Crippen LogP contribution in [0.25, 0.3) is 5.78 Å². The Hall–Kier alpha value is -2.24. The molecule has 0 aliphatic rings. The van der Waals surface area contributed by atoms with Crippen LogP contribution in [0.1, 0.15) is 21.9 Å². The third-order valence-corrected chi connectivity index (χ3v) is 2.26. The molecular weight excluding hydrogens is 220 g/mol. The van der Waals surface area contributed by atoms with Gasteiger partial charge in [0.15, 0.2) is 0 Å². The van der Waals surface area contributed by atoms with E-state index < -0.39 is 5.97 Å². The monoisotopic (exact) mass is 232 g/mol. The van der Waals surface area contributed by atoms with Crippen LogP contribution in [0, 0.1) is 13.8 Å². The minimum Gasteiger partial charge on any atom is -0.458 e. The summed E-state index contributed by atoms with van der Waals surface area (Å²) in [5.74, 6) is 0.641. The van der Waals surface area contributed by atoms with Crippen LogP contribution in [0.2, 0.25) is 0 Å². The molecule has 0 spiro atoms. The molecule has 2 aromatic rings. The highest BCUT2D eigenvalue weighted by Crippen LogP contribution is 2.09. The average molecular weight is 232 g/mol. The first-order chi connectivity index (χ1) is 8.13. The van der Waals surface area contributed by atoms with Crippen molar-refractivity contribution in [3.63, 3.8) is 0 Å². The van der Waals surface area contributed by atoms with Gasteiger partial charge in [-0.25, -0.2) is 14.3 Å². The highest BCUT2D eigenvalue weighted by atomic mass is 16.5. The fourth-order valence-corrected chi connectivity index (χ4v) is 1.46. The predicted molar refractivity (Wildman–Crippen MR) is 60.7 cm³/mol. The van der Waals surface area contributed by atoms with Crippen LogP contribution in [-0.4, -0.2) is 32.2 Å². The number of aryl methyl sites for hydroxylation is 2. The van der Waals surface area contributed by atoms with Gasteiger partial charge in [0.2, 0.25) is 0 Å². The van der Waals surface area contributed by atoms with Gasteiger partial charge in [-0.05, 0) is 13.8 Å². The van der Waals surface area contributed by atoms with E-state index in [2.05, 4.69) is 21.6 Å². The summed E-state index contributed by atoms with van der Waals surface area (Å²) in [5.41, 5.74) is 1.04. The van der Waals surface area contributed by atoms with Gasteiger partial charge in [-0.15, -0.1) is 0 Å². The van der Waals surface area contributed by atoms with E-state index in [0.29, 0.717) is 22.9 Å². The summed E-state index contributed by atoms with van der Waals surface area (Å²) in [5, 5.41) is 4.15. The highest BCUT2D eigenvalue weighted by Gasteiger charge is 2.15. The van der Waals surface area contributed by atoms with Gasteiger partial charge in [0.05, 0.1) is 11.3 Å². The molecule has 0 aliphatic heterocycles. The number of ether oxygens (including phenoxy) is 1. The normalized spacial score (nSPS) is 10.5. The van der Waals surface area contributed by atoms with Crippen LogP contribution in [-0.2, 0) is 4.74 Å². The number of hydrogen-bond acceptors (Lipinski definition) is 5. The van der Waals surface area contributed by atoms with Crippen LogP contribution in [0.15, 0.2) is 18.9 Å². The van der Waals surface area contributed by atoms with Gasteiger partial charge in [-0.2, -0.15) is 10.1 Å². The van der Waals surface area contributed by atoms with E-state index in [-0.39, 0.29) is 6.61 Å². The lowest BCUT2D eigenvalue weighted by molar-refractivity contribution is 0.0547. The maximum absolute atomic E-state index is 11.7. The van der Waals surface area contributed by atoms with Crippen LogP contribution in [0.3, 0.4) is 0 Å². The van der Waals surface area contributed by atoms with Crippen molar-refractivity contribution in [2.75, 3.05) is 6.61 Å². The molecule has 2 heterocycles. The van der Waals surface area contributed by atoms with Crippen molar-refractivity contribution in [2.45, 2.75) is 13.8 Å². The summed E-state index contributed by atoms with van der Waals surface area (Å²) in [6.45, 7) is 7.19. The number of esters is 1. The Kier molecular flexibility index (Phi) is 2.86. The Labute approximate surface area is 98.0 Å². The molecule has 0 amide bonds. The summed E-state index contributed by atoms with van der Waals surface area (Å²) < 4.78 is 6.48. The second kappa shape index (κ2) is 4.32. The van der Waals surface area contributed by atoms with Gasteiger partial charge in [0.25, 0.3) is 5.78 Å². The van der Waals surface area contributed by atoms with Crippen LogP contribution >= 0.6 is 0 Å². The SMILES string of the molecule is C=CCOC(=O)c1cnc2nc(C)nn2c1C. The lowest BCUT2D eigenvalue weighted by atomic mass is 10.2. The van der Waals surface area contributed by atoms with Gasteiger partial charge in [0.1, 0.15) is 12.4 Å². The lowest BCUT2D eigenvalue weighted by Crippen LogP contribution is -2.11. The second-order valence-electron chi connectivity index (χ2n) is 3.52. The molecule has 0 aliphatic carbocycles. The number of carbonyl (C=O) groups is 1. The number of hydrogen-bond donors (Lipinski definition) is 0. The number of fused-ring (bicyclic) bond motifs is 1. The zero-order chi connectivity index (χ0) is 12.4. The Morgan fingerprint density at radius 3 is 3.06 bits per heavy atom. The Bertz CT molecular complexity index is 588. The average Bonchev–Trinajstić information content (AvgIpc) is 2.68. The van der Waals surface area contributed by atoms with Crippen molar-refractivity contribution < 1.29 is 9.53 Å². The molecular formula is C11H12N4O2. The van der Waals surface area contributed by atoms with E-state index in [1.807, 2.05) is 0 Å². The molecule has 0 N–H and O–H groups in total. The largest absolute Gasteiger partial charge is 0.458 e. The fourth-order valence-electron chi connectivity index (χ4n) is 1.46. The first-order valence-electron chi connectivity index (χ1n) is 5.10. The third kappa shape index (κ3) is 2.01. The van der Waals surface area contributed by atoms with Crippen LogP contribution in [0.5, 0.6) is 0 Å². The molecule has 0 saturated heterocycles. The topological polar surface area (TPSA) is 69.4 Å². The minimum atomic E-state index is -0.440. The van der Waals surface area contributed by atoms with Gasteiger partial charge in [-0.1, -0.05) is 12.7 Å². The van der Waals surface area contributed by atoms with E-state index in [1.54, 1.807) is 13.8 Å². The number of aromatic nitrogens is 4. The van der Waals surface area contributed by atoms with Crippen molar-refractivity contribution >= 4 is 11.7 Å². The van der Waals surface area contributed by atoms with E-state index >= 15 is 0 Å². The second-order valence-corrected chi connectivity index (χ2v) is 3.52. The molecule has 0 radical (unpaired) electrons. The lowest BCUT2D eigenvalue weighted by Gasteiger charge is -2.05. The summed E-state index contributed by atoms with van der Waals surface area (Å²) in [7, 11) is 0. The van der Waals surface area contributed by atoms with Gasteiger partial charge in [0, 0.05) is 6.20 Å². The zero-order valence-corrected chi connectivity index (χ0v) is 9.67. The molecule has 0 atom stereocenters. The fraction of sp³-hybridized carbons (Fsp3) is 0.273. The summed E-state index contributed by atoms with van der Waals surface area (Å²) in [4.78, 5) is 19.9. The van der Waals surface area contributed by atoms with E-state index in [1.165, 1.54) is 16.8 Å². The van der Waals surface area contributed by atoms with Gasteiger partial charge in [-0.3, -0.25) is 0 Å². The Morgan fingerprint density at radius 2 is 2.35 bits per heavy atom. The first-order valence-corrected chi connectivity index (χ1v) is 5.10. The maximum Gasteiger partial charge on any atom is 0.341 e. The standard InChI is InChI=1S/C11H12N4O2/c1-4-5-17-10(16)9-6-12-11-13-8(3)14-15(11)7(9)2/h4,6H,1,5H2,2-3H3. The number of carbonyl (C=O) groups excluding carboxylic acids is 1. The minimum absolute atomic E-state index is 0.173. The zero-order valence-electron chi connectivity index (χ0n) is 9.67. The Balaban J connectivity index is 2.44. The molecule has 0 aromatic carbocycles. The van der Waals surface area contributed by atoms with E-state index in [9.17, 15) is 4.79 Å². The molecule has 2 aromatic heterocycles. The summed E-state index contributed by atoms with van der Waals surface area (Å²) >= 11 is 0. The van der Waals surface area contributed by atoms with Crippen molar-refractivity contribution in [2.24, 2.45) is 0 Å². The van der Waals surface area contributed by atoms with E-state index in [0.717, 1.165) is 0 Å². The molecule has 17 heavy (non-hydrogen) atoms. The third-order valence-electron chi connectivity index (χ3n) is 2.26. The maximum atomic E-state index is 11.7. The van der Waals surface area contributed by atoms with Gasteiger partial charge < -0.3 is 4.74 Å². The molecule has 6 nitrogen and oxygen atoms in total. The van der Waals surface area contributed by atoms with Crippen molar-refractivity contribution in [1.82, 2.24) is 19.6 Å². The molecule has 0 bridgehead atoms. The molecule has 2 rings (SSSR count). The Morgan fingerprint density at radius 1 is 1.59 bits per heavy atom. The number of nitrogens with zero attached hydrogens (tertiary/aromatic N) is 4. The van der Waals surface area contributed by atoms with Crippen molar-refractivity contribution in [3.8, 4) is 0 Å². The van der Waals surface area contributed by atoms with Crippen molar-refractivity contribution in [3.05, 3.63) is 35.9 Å². The smallest absolute Gasteiger partial charge is 0.341 e. The molecule has 6 heteroatoms. The molecule has 0 saturated carbocycles. The van der Waals surface area contributed by atoms with E-state index in [4.69, 9.17) is 4.74 Å². The molecule has 88 valence electrons. The quantitative estimate of drug-likeness (QED) is 0.585.